The number of hydrogen-bond donors (Lipinski definition) is 1. The van der Waals surface area contributed by atoms with Gasteiger partial charge >= 0.3 is 0 Å². The SMILES string of the molecule is C[C@@H](SCc1ccc(Br)cc1)C(=O)Nc1cccnc1. The van der Waals surface area contributed by atoms with Gasteiger partial charge in [-0.05, 0) is 36.8 Å². The highest BCUT2D eigenvalue weighted by Crippen LogP contribution is 2.20. The lowest BCUT2D eigenvalue weighted by Gasteiger charge is -2.11. The average Bonchev–Trinajstić information content (AvgIpc) is 2.47. The van der Waals surface area contributed by atoms with Gasteiger partial charge in [0.15, 0.2) is 0 Å². The van der Waals surface area contributed by atoms with Crippen LogP contribution < -0.4 is 5.32 Å². The van der Waals surface area contributed by atoms with E-state index < -0.39 is 0 Å². The molecule has 0 radical (unpaired) electrons. The molecular weight excluding hydrogens is 336 g/mol. The van der Waals surface area contributed by atoms with E-state index in [9.17, 15) is 4.79 Å². The zero-order valence-corrected chi connectivity index (χ0v) is 13.4. The molecule has 2 aromatic rings. The molecule has 1 atom stereocenters. The first-order valence-electron chi connectivity index (χ1n) is 6.22. The summed E-state index contributed by atoms with van der Waals surface area (Å²) >= 11 is 5.02. The largest absolute Gasteiger partial charge is 0.324 e. The number of anilines is 1. The molecule has 0 unspecified atom stereocenters. The predicted octanol–water partition coefficient (Wildman–Crippen LogP) is 4.10. The van der Waals surface area contributed by atoms with E-state index in [1.54, 1.807) is 30.2 Å². The molecule has 3 nitrogen and oxygen atoms in total. The van der Waals surface area contributed by atoms with E-state index in [2.05, 4.69) is 38.4 Å². The van der Waals surface area contributed by atoms with Crippen molar-refractivity contribution in [2.75, 3.05) is 5.32 Å². The van der Waals surface area contributed by atoms with Crippen LogP contribution in [-0.2, 0) is 10.5 Å². The Labute approximate surface area is 131 Å². The molecule has 0 saturated heterocycles. The maximum absolute atomic E-state index is 12.0. The third-order valence-electron chi connectivity index (χ3n) is 2.71. The number of nitrogens with zero attached hydrogens (tertiary/aromatic N) is 1. The molecule has 5 heteroatoms. The summed E-state index contributed by atoms with van der Waals surface area (Å²) in [6.45, 7) is 1.91. The molecule has 1 aromatic heterocycles. The Balaban J connectivity index is 1.83. The highest BCUT2D eigenvalue weighted by atomic mass is 79.9. The second-order valence-corrected chi connectivity index (χ2v) is 6.56. The van der Waals surface area contributed by atoms with Crippen molar-refractivity contribution in [1.82, 2.24) is 4.98 Å². The molecule has 1 aromatic carbocycles. The molecule has 20 heavy (non-hydrogen) atoms. The topological polar surface area (TPSA) is 42.0 Å². The van der Waals surface area contributed by atoms with E-state index in [1.807, 2.05) is 25.1 Å². The lowest BCUT2D eigenvalue weighted by molar-refractivity contribution is -0.115. The van der Waals surface area contributed by atoms with Crippen LogP contribution in [0.15, 0.2) is 53.3 Å². The van der Waals surface area contributed by atoms with E-state index in [1.165, 1.54) is 5.56 Å². The summed E-state index contributed by atoms with van der Waals surface area (Å²) in [6.07, 6.45) is 3.32. The van der Waals surface area contributed by atoms with Crippen LogP contribution in [0.4, 0.5) is 5.69 Å². The molecule has 1 N–H and O–H groups in total. The van der Waals surface area contributed by atoms with Crippen LogP contribution in [0.1, 0.15) is 12.5 Å². The van der Waals surface area contributed by atoms with Gasteiger partial charge in [0, 0.05) is 16.4 Å². The Morgan fingerprint density at radius 1 is 1.35 bits per heavy atom. The molecule has 1 heterocycles. The van der Waals surface area contributed by atoms with E-state index in [-0.39, 0.29) is 11.2 Å². The zero-order valence-electron chi connectivity index (χ0n) is 11.0. The number of amides is 1. The number of hydrogen-bond acceptors (Lipinski definition) is 3. The van der Waals surface area contributed by atoms with Crippen LogP contribution >= 0.6 is 27.7 Å². The molecule has 0 aliphatic heterocycles. The van der Waals surface area contributed by atoms with E-state index in [4.69, 9.17) is 0 Å². The van der Waals surface area contributed by atoms with Gasteiger partial charge in [-0.1, -0.05) is 28.1 Å². The summed E-state index contributed by atoms with van der Waals surface area (Å²) < 4.78 is 1.06. The smallest absolute Gasteiger partial charge is 0.237 e. The molecule has 104 valence electrons. The van der Waals surface area contributed by atoms with Gasteiger partial charge in [-0.2, -0.15) is 0 Å². The van der Waals surface area contributed by atoms with Gasteiger partial charge < -0.3 is 5.32 Å². The molecule has 0 fully saturated rings. The molecule has 0 spiro atoms. The first kappa shape index (κ1) is 15.1. The number of benzene rings is 1. The maximum Gasteiger partial charge on any atom is 0.237 e. The Hall–Kier alpha value is -1.33. The monoisotopic (exact) mass is 350 g/mol. The summed E-state index contributed by atoms with van der Waals surface area (Å²) in [7, 11) is 0. The number of thioether (sulfide) groups is 1. The highest BCUT2D eigenvalue weighted by Gasteiger charge is 2.13. The summed E-state index contributed by atoms with van der Waals surface area (Å²) in [5.41, 5.74) is 1.94. The van der Waals surface area contributed by atoms with Gasteiger partial charge in [0.25, 0.3) is 0 Å². The maximum atomic E-state index is 12.0. The molecule has 2 rings (SSSR count). The third-order valence-corrected chi connectivity index (χ3v) is 4.45. The lowest BCUT2D eigenvalue weighted by Crippen LogP contribution is -2.22. The predicted molar refractivity (Wildman–Crippen MR) is 87.8 cm³/mol. The summed E-state index contributed by atoms with van der Waals surface area (Å²) in [6, 6.07) is 11.8. The van der Waals surface area contributed by atoms with Crippen LogP contribution in [0, 0.1) is 0 Å². The van der Waals surface area contributed by atoms with Gasteiger partial charge in [0.1, 0.15) is 0 Å². The second kappa shape index (κ2) is 7.45. The van der Waals surface area contributed by atoms with E-state index in [0.717, 1.165) is 15.9 Å². The van der Waals surface area contributed by atoms with Gasteiger partial charge in [-0.3, -0.25) is 9.78 Å². The van der Waals surface area contributed by atoms with Crippen molar-refractivity contribution >= 4 is 39.3 Å². The number of aromatic nitrogens is 1. The van der Waals surface area contributed by atoms with Crippen molar-refractivity contribution in [3.8, 4) is 0 Å². The minimum atomic E-state index is -0.112. The van der Waals surface area contributed by atoms with E-state index in [0.29, 0.717) is 0 Å². The standard InChI is InChI=1S/C15H15BrN2OS/c1-11(15(19)18-14-3-2-8-17-9-14)20-10-12-4-6-13(16)7-5-12/h2-9,11H,10H2,1H3,(H,18,19)/t11-/m1/s1. The lowest BCUT2D eigenvalue weighted by atomic mass is 10.2. The minimum absolute atomic E-state index is 0.000103. The number of pyridine rings is 1. The van der Waals surface area contributed by atoms with Crippen molar-refractivity contribution in [2.45, 2.75) is 17.9 Å². The average molecular weight is 351 g/mol. The molecule has 0 aliphatic rings. The fourth-order valence-electron chi connectivity index (χ4n) is 1.56. The molecule has 0 saturated carbocycles. The Bertz CT molecular complexity index is 560. The molecule has 0 bridgehead atoms. The number of carbonyl (C=O) groups excluding carboxylic acids is 1. The molecule has 0 aliphatic carbocycles. The summed E-state index contributed by atoms with van der Waals surface area (Å²) in [4.78, 5) is 16.0. The van der Waals surface area contributed by atoms with Crippen molar-refractivity contribution in [3.05, 3.63) is 58.8 Å². The fraction of sp³-hybridized carbons (Fsp3) is 0.200. The normalized spacial score (nSPS) is 11.9. The van der Waals surface area contributed by atoms with Gasteiger partial charge in [-0.25, -0.2) is 0 Å². The number of nitrogens with one attached hydrogen (secondary N) is 1. The summed E-state index contributed by atoms with van der Waals surface area (Å²) in [5, 5.41) is 2.75. The Morgan fingerprint density at radius 2 is 2.10 bits per heavy atom. The summed E-state index contributed by atoms with van der Waals surface area (Å²) in [5.74, 6) is 0.814. The van der Waals surface area contributed by atoms with Crippen LogP contribution in [0.5, 0.6) is 0 Å². The van der Waals surface area contributed by atoms with Gasteiger partial charge in [0.05, 0.1) is 17.1 Å². The Kier molecular flexibility index (Phi) is 5.61. The fourth-order valence-corrected chi connectivity index (χ4v) is 2.67. The zero-order chi connectivity index (χ0) is 14.4. The van der Waals surface area contributed by atoms with E-state index >= 15 is 0 Å². The van der Waals surface area contributed by atoms with Crippen LogP contribution in [0.2, 0.25) is 0 Å². The molecular formula is C15H15BrN2OS. The number of carbonyl (C=O) groups is 1. The number of halogens is 1. The van der Waals surface area contributed by atoms with Crippen molar-refractivity contribution < 1.29 is 4.79 Å². The van der Waals surface area contributed by atoms with Crippen LogP contribution in [0.25, 0.3) is 0 Å². The number of rotatable bonds is 5. The second-order valence-electron chi connectivity index (χ2n) is 4.31. The van der Waals surface area contributed by atoms with Gasteiger partial charge in [-0.15, -0.1) is 11.8 Å². The highest BCUT2D eigenvalue weighted by molar-refractivity contribution is 9.10. The first-order chi connectivity index (χ1) is 9.65. The van der Waals surface area contributed by atoms with Crippen LogP contribution in [-0.4, -0.2) is 16.1 Å². The molecule has 1 amide bonds. The van der Waals surface area contributed by atoms with Crippen molar-refractivity contribution in [2.24, 2.45) is 0 Å². The first-order valence-corrected chi connectivity index (χ1v) is 8.06. The Morgan fingerprint density at radius 3 is 2.75 bits per heavy atom. The minimum Gasteiger partial charge on any atom is -0.324 e. The van der Waals surface area contributed by atoms with Crippen LogP contribution in [0.3, 0.4) is 0 Å². The van der Waals surface area contributed by atoms with Crippen molar-refractivity contribution in [1.29, 1.82) is 0 Å². The van der Waals surface area contributed by atoms with Crippen molar-refractivity contribution in [3.63, 3.8) is 0 Å². The quantitative estimate of drug-likeness (QED) is 0.882. The third kappa shape index (κ3) is 4.65. The van der Waals surface area contributed by atoms with Gasteiger partial charge in [0.2, 0.25) is 5.91 Å².